The number of rotatable bonds is 4. The molecule has 0 N–H and O–H groups in total. The molecule has 0 aromatic carbocycles. The molecule has 28 heavy (non-hydrogen) atoms. The summed E-state index contributed by atoms with van der Waals surface area (Å²) in [6, 6.07) is 5.73. The van der Waals surface area contributed by atoms with Crippen LogP contribution in [0, 0.1) is 13.8 Å². The van der Waals surface area contributed by atoms with E-state index in [9.17, 15) is 0 Å². The van der Waals surface area contributed by atoms with Gasteiger partial charge in [-0.1, -0.05) is 5.16 Å². The van der Waals surface area contributed by atoms with E-state index in [1.807, 2.05) is 42.8 Å². The van der Waals surface area contributed by atoms with E-state index in [1.54, 1.807) is 10.9 Å². The zero-order valence-corrected chi connectivity index (χ0v) is 16.0. The van der Waals surface area contributed by atoms with Crippen molar-refractivity contribution in [2.24, 2.45) is 0 Å². The van der Waals surface area contributed by atoms with Crippen LogP contribution in [0.3, 0.4) is 0 Å². The molecule has 0 bridgehead atoms. The van der Waals surface area contributed by atoms with E-state index in [0.29, 0.717) is 5.92 Å². The first-order valence-electron chi connectivity index (χ1n) is 9.55. The van der Waals surface area contributed by atoms with E-state index in [1.165, 1.54) is 5.56 Å². The minimum Gasteiger partial charge on any atom is -0.361 e. The maximum Gasteiger partial charge on any atom is 0.178 e. The molecular weight excluding hydrogens is 356 g/mol. The van der Waals surface area contributed by atoms with Gasteiger partial charge in [0.15, 0.2) is 17.3 Å². The van der Waals surface area contributed by atoms with Gasteiger partial charge in [-0.25, -0.2) is 4.68 Å². The first kappa shape index (κ1) is 17.1. The second-order valence-electron chi connectivity index (χ2n) is 7.32. The molecule has 9 heteroatoms. The standard InChI is InChI=1S/C19H22N8O/c1-13-16(14(2)28-24-13)12-25-10-6-15(7-11-25)19-22-21-17-4-5-18(23-27(17)19)26-9-3-8-20-26/h3-5,8-9,15H,6-7,10-12H2,1-2H3. The second kappa shape index (κ2) is 6.83. The lowest BCUT2D eigenvalue weighted by atomic mass is 9.95. The van der Waals surface area contributed by atoms with Gasteiger partial charge >= 0.3 is 0 Å². The van der Waals surface area contributed by atoms with Crippen LogP contribution in [0.2, 0.25) is 0 Å². The number of aromatic nitrogens is 7. The van der Waals surface area contributed by atoms with Gasteiger partial charge in [-0.3, -0.25) is 4.90 Å². The Bertz CT molecular complexity index is 1070. The predicted molar refractivity (Wildman–Crippen MR) is 101 cm³/mol. The van der Waals surface area contributed by atoms with Gasteiger partial charge in [0.05, 0.1) is 5.69 Å². The molecule has 4 aromatic heterocycles. The molecule has 1 aliphatic rings. The van der Waals surface area contributed by atoms with Crippen molar-refractivity contribution in [1.82, 2.24) is 39.6 Å². The smallest absolute Gasteiger partial charge is 0.178 e. The minimum atomic E-state index is 0.344. The monoisotopic (exact) mass is 378 g/mol. The molecule has 0 unspecified atom stereocenters. The lowest BCUT2D eigenvalue weighted by Gasteiger charge is -2.30. The molecule has 1 fully saturated rings. The molecule has 144 valence electrons. The average Bonchev–Trinajstić information content (AvgIpc) is 3.45. The lowest BCUT2D eigenvalue weighted by molar-refractivity contribution is 0.199. The van der Waals surface area contributed by atoms with E-state index < -0.39 is 0 Å². The summed E-state index contributed by atoms with van der Waals surface area (Å²) in [5, 5.41) is 21.8. The number of nitrogens with zero attached hydrogens (tertiary/aromatic N) is 8. The molecule has 0 atom stereocenters. The van der Waals surface area contributed by atoms with Gasteiger partial charge in [0.25, 0.3) is 0 Å². The SMILES string of the molecule is Cc1noc(C)c1CN1CCC(c2nnc3ccc(-n4cccn4)nn23)CC1. The van der Waals surface area contributed by atoms with Gasteiger partial charge < -0.3 is 4.52 Å². The Hall–Kier alpha value is -3.07. The molecule has 0 radical (unpaired) electrons. The highest BCUT2D eigenvalue weighted by Gasteiger charge is 2.26. The minimum absolute atomic E-state index is 0.344. The van der Waals surface area contributed by atoms with Gasteiger partial charge in [0.2, 0.25) is 0 Å². The molecule has 1 saturated heterocycles. The van der Waals surface area contributed by atoms with Crippen molar-refractivity contribution in [3.63, 3.8) is 0 Å². The van der Waals surface area contributed by atoms with Crippen LogP contribution in [0.15, 0.2) is 35.1 Å². The quantitative estimate of drug-likeness (QED) is 0.538. The van der Waals surface area contributed by atoms with Crippen molar-refractivity contribution in [3.05, 3.63) is 53.4 Å². The summed E-state index contributed by atoms with van der Waals surface area (Å²) < 4.78 is 8.91. The van der Waals surface area contributed by atoms with Crippen LogP contribution < -0.4 is 0 Å². The van der Waals surface area contributed by atoms with Crippen LogP contribution in [0.25, 0.3) is 11.5 Å². The fraction of sp³-hybridized carbons (Fsp3) is 0.421. The first-order chi connectivity index (χ1) is 13.7. The van der Waals surface area contributed by atoms with Crippen molar-refractivity contribution in [2.75, 3.05) is 13.1 Å². The van der Waals surface area contributed by atoms with Crippen molar-refractivity contribution < 1.29 is 4.52 Å². The van der Waals surface area contributed by atoms with E-state index in [-0.39, 0.29) is 0 Å². The zero-order chi connectivity index (χ0) is 19.1. The Morgan fingerprint density at radius 3 is 2.71 bits per heavy atom. The highest BCUT2D eigenvalue weighted by molar-refractivity contribution is 5.39. The summed E-state index contributed by atoms with van der Waals surface area (Å²) in [7, 11) is 0. The van der Waals surface area contributed by atoms with Gasteiger partial charge in [-0.15, -0.1) is 15.3 Å². The molecule has 1 aliphatic heterocycles. The maximum atomic E-state index is 5.29. The Morgan fingerprint density at radius 2 is 2.00 bits per heavy atom. The largest absolute Gasteiger partial charge is 0.361 e. The highest BCUT2D eigenvalue weighted by Crippen LogP contribution is 2.28. The van der Waals surface area contributed by atoms with Crippen LogP contribution in [0.5, 0.6) is 0 Å². The van der Waals surface area contributed by atoms with Crippen molar-refractivity contribution in [3.8, 4) is 5.82 Å². The van der Waals surface area contributed by atoms with Crippen molar-refractivity contribution in [1.29, 1.82) is 0 Å². The third-order valence-corrected chi connectivity index (χ3v) is 5.53. The Morgan fingerprint density at radius 1 is 1.14 bits per heavy atom. The van der Waals surface area contributed by atoms with Crippen LogP contribution in [-0.4, -0.2) is 52.7 Å². The number of fused-ring (bicyclic) bond motifs is 1. The number of hydrogen-bond acceptors (Lipinski definition) is 7. The summed E-state index contributed by atoms with van der Waals surface area (Å²) >= 11 is 0. The number of hydrogen-bond donors (Lipinski definition) is 0. The summed E-state index contributed by atoms with van der Waals surface area (Å²) in [6.07, 6.45) is 5.68. The van der Waals surface area contributed by atoms with Crippen LogP contribution >= 0.6 is 0 Å². The molecule has 9 nitrogen and oxygen atoms in total. The molecule has 4 aromatic rings. The van der Waals surface area contributed by atoms with Gasteiger partial charge in [0, 0.05) is 30.4 Å². The lowest BCUT2D eigenvalue weighted by Crippen LogP contribution is -2.33. The molecule has 0 aliphatic carbocycles. The molecule has 0 amide bonds. The Kier molecular flexibility index (Phi) is 4.16. The summed E-state index contributed by atoms with van der Waals surface area (Å²) in [5.74, 6) is 2.95. The fourth-order valence-electron chi connectivity index (χ4n) is 3.88. The fourth-order valence-corrected chi connectivity index (χ4v) is 3.88. The van der Waals surface area contributed by atoms with Gasteiger partial charge in [0.1, 0.15) is 5.76 Å². The average molecular weight is 378 g/mol. The van der Waals surface area contributed by atoms with Crippen LogP contribution in [0.1, 0.15) is 41.6 Å². The Balaban J connectivity index is 1.33. The van der Waals surface area contributed by atoms with E-state index >= 15 is 0 Å². The third-order valence-electron chi connectivity index (χ3n) is 5.53. The van der Waals surface area contributed by atoms with Crippen LogP contribution in [-0.2, 0) is 6.54 Å². The molecular formula is C19H22N8O. The summed E-state index contributed by atoms with van der Waals surface area (Å²) in [6.45, 7) is 6.87. The number of likely N-dealkylation sites (tertiary alicyclic amines) is 1. The maximum absolute atomic E-state index is 5.29. The Labute approximate surface area is 162 Å². The second-order valence-corrected chi connectivity index (χ2v) is 7.32. The van der Waals surface area contributed by atoms with E-state index in [2.05, 4.69) is 25.4 Å². The van der Waals surface area contributed by atoms with Crippen molar-refractivity contribution >= 4 is 5.65 Å². The number of aryl methyl sites for hydroxylation is 2. The van der Waals surface area contributed by atoms with E-state index in [0.717, 1.165) is 61.2 Å². The summed E-state index contributed by atoms with van der Waals surface area (Å²) in [5.41, 5.74) is 2.96. The topological polar surface area (TPSA) is 90.2 Å². The van der Waals surface area contributed by atoms with Crippen LogP contribution in [0.4, 0.5) is 0 Å². The number of piperidine rings is 1. The zero-order valence-electron chi connectivity index (χ0n) is 16.0. The summed E-state index contributed by atoms with van der Waals surface area (Å²) in [4.78, 5) is 2.45. The molecule has 5 rings (SSSR count). The highest BCUT2D eigenvalue weighted by atomic mass is 16.5. The van der Waals surface area contributed by atoms with Gasteiger partial charge in [-0.2, -0.15) is 9.61 Å². The molecule has 0 saturated carbocycles. The predicted octanol–water partition coefficient (Wildman–Crippen LogP) is 2.29. The molecule has 5 heterocycles. The van der Waals surface area contributed by atoms with Crippen molar-refractivity contribution in [2.45, 2.75) is 39.2 Å². The third kappa shape index (κ3) is 2.97. The molecule has 0 spiro atoms. The van der Waals surface area contributed by atoms with E-state index in [4.69, 9.17) is 9.62 Å². The van der Waals surface area contributed by atoms with Gasteiger partial charge in [-0.05, 0) is 58.0 Å². The first-order valence-corrected chi connectivity index (χ1v) is 9.55. The normalized spacial score (nSPS) is 16.2.